The summed E-state index contributed by atoms with van der Waals surface area (Å²) < 4.78 is 14.7. The van der Waals surface area contributed by atoms with E-state index in [4.69, 9.17) is 0 Å². The standard InChI is InChI=1S/C31H47FN2/c1-3-5-6-7-8-9-10-11-13-30-33-24-29(31(32)34-30)28-22-20-27(21-23-28)19-18-26-16-14-25(12-4-2)15-17-26/h20-26H,3-19H2,1-2H3. The molecule has 188 valence electrons. The van der Waals surface area contributed by atoms with Crippen LogP contribution in [0.25, 0.3) is 11.1 Å². The van der Waals surface area contributed by atoms with Crippen LogP contribution in [0.2, 0.25) is 0 Å². The molecule has 0 bridgehead atoms. The van der Waals surface area contributed by atoms with Gasteiger partial charge in [-0.2, -0.15) is 4.39 Å². The molecular formula is C31H47FN2. The molecule has 0 saturated heterocycles. The van der Waals surface area contributed by atoms with Crippen molar-refractivity contribution in [2.45, 2.75) is 123 Å². The molecule has 3 rings (SSSR count). The maximum absolute atomic E-state index is 14.7. The number of rotatable bonds is 15. The monoisotopic (exact) mass is 466 g/mol. The number of hydrogen-bond donors (Lipinski definition) is 0. The molecule has 1 fully saturated rings. The van der Waals surface area contributed by atoms with Gasteiger partial charge in [-0.05, 0) is 42.2 Å². The molecule has 1 aromatic carbocycles. The summed E-state index contributed by atoms with van der Waals surface area (Å²) in [6.45, 7) is 4.56. The predicted octanol–water partition coefficient (Wildman–Crippen LogP) is 9.50. The molecule has 1 aromatic heterocycles. The van der Waals surface area contributed by atoms with Crippen LogP contribution in [0, 0.1) is 17.8 Å². The van der Waals surface area contributed by atoms with Crippen molar-refractivity contribution in [2.24, 2.45) is 11.8 Å². The topological polar surface area (TPSA) is 25.8 Å². The third-order valence-corrected chi connectivity index (χ3v) is 7.82. The van der Waals surface area contributed by atoms with Gasteiger partial charge in [-0.3, -0.25) is 0 Å². The lowest BCUT2D eigenvalue weighted by atomic mass is 9.78. The van der Waals surface area contributed by atoms with E-state index in [-0.39, 0.29) is 5.95 Å². The Labute approximate surface area is 208 Å². The Balaban J connectivity index is 1.40. The minimum Gasteiger partial charge on any atom is -0.241 e. The van der Waals surface area contributed by atoms with Gasteiger partial charge in [0.1, 0.15) is 5.82 Å². The van der Waals surface area contributed by atoms with Gasteiger partial charge in [0.05, 0.1) is 5.56 Å². The quantitative estimate of drug-likeness (QED) is 0.193. The highest BCUT2D eigenvalue weighted by molar-refractivity contribution is 5.62. The lowest BCUT2D eigenvalue weighted by Crippen LogP contribution is -2.15. The molecule has 0 radical (unpaired) electrons. The number of unbranched alkanes of at least 4 members (excludes halogenated alkanes) is 7. The van der Waals surface area contributed by atoms with Crippen molar-refractivity contribution < 1.29 is 4.39 Å². The molecule has 1 aliphatic rings. The van der Waals surface area contributed by atoms with E-state index in [9.17, 15) is 4.39 Å². The molecule has 2 nitrogen and oxygen atoms in total. The fourth-order valence-electron chi connectivity index (χ4n) is 5.56. The van der Waals surface area contributed by atoms with Crippen molar-refractivity contribution in [1.82, 2.24) is 9.97 Å². The predicted molar refractivity (Wildman–Crippen MR) is 142 cm³/mol. The second kappa shape index (κ2) is 15.3. The number of aromatic nitrogens is 2. The Hall–Kier alpha value is -1.77. The van der Waals surface area contributed by atoms with E-state index in [0.29, 0.717) is 11.4 Å². The highest BCUT2D eigenvalue weighted by Crippen LogP contribution is 2.34. The molecule has 0 amide bonds. The number of nitrogens with zero attached hydrogens (tertiary/aromatic N) is 2. The van der Waals surface area contributed by atoms with E-state index >= 15 is 0 Å². The third kappa shape index (κ3) is 9.12. The second-order valence-corrected chi connectivity index (χ2v) is 10.6. The highest BCUT2D eigenvalue weighted by Gasteiger charge is 2.20. The Morgan fingerprint density at radius 3 is 1.97 bits per heavy atom. The Morgan fingerprint density at radius 1 is 0.735 bits per heavy atom. The molecule has 0 aliphatic heterocycles. The number of benzene rings is 1. The molecule has 0 atom stereocenters. The van der Waals surface area contributed by atoms with E-state index in [1.807, 2.05) is 12.1 Å². The number of aryl methyl sites for hydroxylation is 2. The van der Waals surface area contributed by atoms with E-state index in [2.05, 4.69) is 35.9 Å². The summed E-state index contributed by atoms with van der Waals surface area (Å²) in [7, 11) is 0. The molecule has 0 spiro atoms. The van der Waals surface area contributed by atoms with E-state index < -0.39 is 0 Å². The number of halogens is 1. The van der Waals surface area contributed by atoms with Gasteiger partial charge in [-0.25, -0.2) is 9.97 Å². The summed E-state index contributed by atoms with van der Waals surface area (Å²) >= 11 is 0. The molecule has 0 N–H and O–H groups in total. The molecule has 34 heavy (non-hydrogen) atoms. The summed E-state index contributed by atoms with van der Waals surface area (Å²) in [5.41, 5.74) is 2.74. The minimum absolute atomic E-state index is 0.388. The van der Waals surface area contributed by atoms with Crippen LogP contribution in [-0.2, 0) is 12.8 Å². The first-order valence-corrected chi connectivity index (χ1v) is 14.3. The molecule has 0 unspecified atom stereocenters. The first-order chi connectivity index (χ1) is 16.7. The summed E-state index contributed by atoms with van der Waals surface area (Å²) in [6, 6.07) is 8.39. The molecule has 1 aliphatic carbocycles. The van der Waals surface area contributed by atoms with Crippen LogP contribution in [0.3, 0.4) is 0 Å². The van der Waals surface area contributed by atoms with Gasteiger partial charge in [0.2, 0.25) is 5.95 Å². The van der Waals surface area contributed by atoms with E-state index in [1.54, 1.807) is 6.20 Å². The van der Waals surface area contributed by atoms with Crippen LogP contribution in [0.1, 0.15) is 122 Å². The van der Waals surface area contributed by atoms with E-state index in [1.165, 1.54) is 95.5 Å². The van der Waals surface area contributed by atoms with Crippen LogP contribution in [0.15, 0.2) is 30.5 Å². The second-order valence-electron chi connectivity index (χ2n) is 10.6. The average Bonchev–Trinajstić information content (AvgIpc) is 2.86. The van der Waals surface area contributed by atoms with Gasteiger partial charge in [0.25, 0.3) is 0 Å². The first-order valence-electron chi connectivity index (χ1n) is 14.3. The lowest BCUT2D eigenvalue weighted by Gasteiger charge is -2.28. The zero-order valence-electron chi connectivity index (χ0n) is 21.8. The van der Waals surface area contributed by atoms with Gasteiger partial charge in [-0.1, -0.05) is 122 Å². The highest BCUT2D eigenvalue weighted by atomic mass is 19.1. The summed E-state index contributed by atoms with van der Waals surface area (Å²) in [5.74, 6) is 2.11. The van der Waals surface area contributed by atoms with E-state index in [0.717, 1.165) is 36.7 Å². The fourth-order valence-corrected chi connectivity index (χ4v) is 5.56. The van der Waals surface area contributed by atoms with Gasteiger partial charge in [0, 0.05) is 12.6 Å². The molecule has 1 saturated carbocycles. The van der Waals surface area contributed by atoms with Gasteiger partial charge in [0.15, 0.2) is 0 Å². The van der Waals surface area contributed by atoms with Crippen LogP contribution in [0.4, 0.5) is 4.39 Å². The van der Waals surface area contributed by atoms with Crippen LogP contribution < -0.4 is 0 Å². The third-order valence-electron chi connectivity index (χ3n) is 7.82. The van der Waals surface area contributed by atoms with Crippen LogP contribution in [0.5, 0.6) is 0 Å². The van der Waals surface area contributed by atoms with Gasteiger partial charge in [-0.15, -0.1) is 0 Å². The molecule has 2 aromatic rings. The maximum Gasteiger partial charge on any atom is 0.224 e. The van der Waals surface area contributed by atoms with Crippen molar-refractivity contribution in [3.63, 3.8) is 0 Å². The summed E-state index contributed by atoms with van der Waals surface area (Å²) in [5, 5.41) is 0. The first kappa shape index (κ1) is 26.8. The zero-order valence-corrected chi connectivity index (χ0v) is 21.8. The average molecular weight is 467 g/mol. The molecular weight excluding hydrogens is 419 g/mol. The molecule has 1 heterocycles. The maximum atomic E-state index is 14.7. The Bertz CT molecular complexity index is 809. The Morgan fingerprint density at radius 2 is 1.35 bits per heavy atom. The number of hydrogen-bond acceptors (Lipinski definition) is 2. The minimum atomic E-state index is -0.388. The fraction of sp³-hybridized carbons (Fsp3) is 0.677. The van der Waals surface area contributed by atoms with Crippen molar-refractivity contribution in [2.75, 3.05) is 0 Å². The van der Waals surface area contributed by atoms with Crippen molar-refractivity contribution in [3.05, 3.63) is 47.8 Å². The van der Waals surface area contributed by atoms with Crippen molar-refractivity contribution >= 4 is 0 Å². The summed E-state index contributed by atoms with van der Waals surface area (Å²) in [6.07, 6.45) is 23.4. The molecule has 3 heteroatoms. The van der Waals surface area contributed by atoms with Gasteiger partial charge >= 0.3 is 0 Å². The van der Waals surface area contributed by atoms with Crippen molar-refractivity contribution in [3.8, 4) is 11.1 Å². The van der Waals surface area contributed by atoms with Crippen LogP contribution in [-0.4, -0.2) is 9.97 Å². The lowest BCUT2D eigenvalue weighted by molar-refractivity contribution is 0.252. The summed E-state index contributed by atoms with van der Waals surface area (Å²) in [4.78, 5) is 8.63. The Kier molecular flexibility index (Phi) is 12.1. The largest absolute Gasteiger partial charge is 0.241 e. The zero-order chi connectivity index (χ0) is 24.0. The normalized spacial score (nSPS) is 18.3. The van der Waals surface area contributed by atoms with Crippen LogP contribution >= 0.6 is 0 Å². The van der Waals surface area contributed by atoms with Crippen molar-refractivity contribution in [1.29, 1.82) is 0 Å². The van der Waals surface area contributed by atoms with Gasteiger partial charge < -0.3 is 0 Å². The smallest absolute Gasteiger partial charge is 0.224 e. The SMILES string of the molecule is CCCCCCCCCCc1ncc(-c2ccc(CCC3CCC(CCC)CC3)cc2)c(F)n1.